The van der Waals surface area contributed by atoms with Crippen LogP contribution in [0.3, 0.4) is 0 Å². The van der Waals surface area contributed by atoms with Crippen LogP contribution < -0.4 is 0 Å². The highest BCUT2D eigenvalue weighted by Gasteiger charge is 1.98. The van der Waals surface area contributed by atoms with E-state index in [1.165, 1.54) is 32.4 Å². The van der Waals surface area contributed by atoms with Crippen molar-refractivity contribution in [1.29, 1.82) is 0 Å². The topological polar surface area (TPSA) is 3.24 Å². The third-order valence-corrected chi connectivity index (χ3v) is 3.16. The van der Waals surface area contributed by atoms with Gasteiger partial charge in [-0.15, -0.1) is 6.58 Å². The molecule has 0 radical (unpaired) electrons. The normalized spacial score (nSPS) is 11.5. The van der Waals surface area contributed by atoms with E-state index in [4.69, 9.17) is 0 Å². The van der Waals surface area contributed by atoms with E-state index in [1.807, 2.05) is 0 Å². The highest BCUT2D eigenvalue weighted by atomic mass is 28.2. The van der Waals surface area contributed by atoms with Crippen molar-refractivity contribution >= 4 is 9.68 Å². The first-order valence-electron chi connectivity index (χ1n) is 4.68. The Morgan fingerprint density at radius 1 is 1.27 bits per heavy atom. The Balaban J connectivity index is 3.41. The van der Waals surface area contributed by atoms with Gasteiger partial charge < -0.3 is 4.57 Å². The molecule has 0 atom stereocenters. The maximum Gasteiger partial charge on any atom is 0.119 e. The predicted molar refractivity (Wildman–Crippen MR) is 55.5 cm³/mol. The summed E-state index contributed by atoms with van der Waals surface area (Å²) in [5, 5.41) is 0. The number of unbranched alkanes of at least 4 members (excludes halogenated alkanes) is 1. The Morgan fingerprint density at radius 3 is 2.45 bits per heavy atom. The third kappa shape index (κ3) is 6.32. The van der Waals surface area contributed by atoms with E-state index in [1.54, 1.807) is 0 Å². The van der Waals surface area contributed by atoms with E-state index < -0.39 is 0 Å². The van der Waals surface area contributed by atoms with Crippen LogP contribution >= 0.6 is 0 Å². The van der Waals surface area contributed by atoms with Gasteiger partial charge in [0.25, 0.3) is 0 Å². The monoisotopic (exact) mass is 171 g/mol. The molecule has 0 aliphatic heterocycles. The number of nitrogens with zero attached hydrogens (tertiary/aromatic N) is 1. The molecule has 0 unspecified atom stereocenters. The van der Waals surface area contributed by atoms with E-state index in [-0.39, 0.29) is 9.68 Å². The van der Waals surface area contributed by atoms with Crippen LogP contribution in [0.5, 0.6) is 0 Å². The molecule has 0 N–H and O–H groups in total. The molecule has 66 valence electrons. The fourth-order valence-corrected chi connectivity index (χ4v) is 2.45. The Labute approximate surface area is 73.4 Å². The molecule has 0 aliphatic rings. The van der Waals surface area contributed by atoms with Gasteiger partial charge in [-0.05, 0) is 25.9 Å². The zero-order valence-electron chi connectivity index (χ0n) is 7.97. The van der Waals surface area contributed by atoms with Gasteiger partial charge in [0.2, 0.25) is 0 Å². The average Bonchev–Trinajstić information content (AvgIpc) is 2.01. The van der Waals surface area contributed by atoms with Crippen LogP contribution in [0.1, 0.15) is 33.1 Å². The number of hydrogen-bond acceptors (Lipinski definition) is 1. The van der Waals surface area contributed by atoms with Gasteiger partial charge in [0.1, 0.15) is 9.68 Å². The van der Waals surface area contributed by atoms with Gasteiger partial charge in [-0.1, -0.05) is 26.0 Å². The lowest BCUT2D eigenvalue weighted by Crippen LogP contribution is -2.28. The van der Waals surface area contributed by atoms with Crippen LogP contribution in [0.25, 0.3) is 0 Å². The molecule has 0 bridgehead atoms. The van der Waals surface area contributed by atoms with Crippen LogP contribution in [0, 0.1) is 0 Å². The zero-order valence-corrected chi connectivity index (χ0v) is 9.39. The molecule has 0 aromatic rings. The van der Waals surface area contributed by atoms with Crippen LogP contribution in [0.15, 0.2) is 12.3 Å². The lowest BCUT2D eigenvalue weighted by molar-refractivity contribution is 0.433. The molecule has 0 aromatic heterocycles. The van der Waals surface area contributed by atoms with Gasteiger partial charge >= 0.3 is 0 Å². The number of hydrogen-bond donors (Lipinski definition) is 0. The fourth-order valence-electron chi connectivity index (χ4n) is 1.17. The third-order valence-electron chi connectivity index (χ3n) is 1.76. The summed E-state index contributed by atoms with van der Waals surface area (Å²) in [6, 6.07) is 0. The van der Waals surface area contributed by atoms with Gasteiger partial charge in [0, 0.05) is 0 Å². The smallest absolute Gasteiger partial charge is 0.119 e. The predicted octanol–water partition coefficient (Wildman–Crippen LogP) is 1.73. The Kier molecular flexibility index (Phi) is 7.96. The second-order valence-corrected chi connectivity index (χ2v) is 4.78. The molecule has 0 heterocycles. The van der Waals surface area contributed by atoms with E-state index >= 15 is 0 Å². The van der Waals surface area contributed by atoms with Crippen molar-refractivity contribution in [3.8, 4) is 0 Å². The van der Waals surface area contributed by atoms with Crippen LogP contribution in [0.4, 0.5) is 0 Å². The van der Waals surface area contributed by atoms with Crippen molar-refractivity contribution < 1.29 is 0 Å². The molecule has 11 heavy (non-hydrogen) atoms. The molecule has 2 heteroatoms. The Bertz CT molecular complexity index is 93.6. The quantitative estimate of drug-likeness (QED) is 0.527. The Morgan fingerprint density at radius 2 is 2.00 bits per heavy atom. The Hall–Kier alpha value is -0.0831. The fraction of sp³-hybridized carbons (Fsp3) is 0.778. The summed E-state index contributed by atoms with van der Waals surface area (Å²) in [5.41, 5.74) is 2.13. The SMILES string of the molecule is C=C[SiH2]N(CCC)CCCC. The maximum absolute atomic E-state index is 3.81. The first kappa shape index (κ1) is 10.9. The van der Waals surface area contributed by atoms with Gasteiger partial charge in [-0.25, -0.2) is 0 Å². The minimum atomic E-state index is -0.0984. The van der Waals surface area contributed by atoms with Crippen molar-refractivity contribution in [3.05, 3.63) is 12.3 Å². The molecular formula is C9H21NSi. The summed E-state index contributed by atoms with van der Waals surface area (Å²) in [6.45, 7) is 10.9. The van der Waals surface area contributed by atoms with Crippen molar-refractivity contribution in [3.63, 3.8) is 0 Å². The molecular weight excluding hydrogens is 150 g/mol. The summed E-state index contributed by atoms with van der Waals surface area (Å²) < 4.78 is 2.59. The van der Waals surface area contributed by atoms with Gasteiger partial charge in [0.05, 0.1) is 0 Å². The molecule has 0 saturated carbocycles. The summed E-state index contributed by atoms with van der Waals surface area (Å²) in [6.07, 6.45) is 3.94. The van der Waals surface area contributed by atoms with Crippen LogP contribution in [0.2, 0.25) is 0 Å². The first-order chi connectivity index (χ1) is 5.35. The van der Waals surface area contributed by atoms with Gasteiger partial charge in [0.15, 0.2) is 0 Å². The van der Waals surface area contributed by atoms with Gasteiger partial charge in [-0.2, -0.15) is 0 Å². The van der Waals surface area contributed by atoms with Crippen molar-refractivity contribution in [2.75, 3.05) is 13.1 Å². The van der Waals surface area contributed by atoms with Crippen LogP contribution in [-0.2, 0) is 0 Å². The summed E-state index contributed by atoms with van der Waals surface area (Å²) >= 11 is 0. The van der Waals surface area contributed by atoms with Gasteiger partial charge in [-0.3, -0.25) is 0 Å². The number of rotatable bonds is 7. The van der Waals surface area contributed by atoms with Crippen LogP contribution in [-0.4, -0.2) is 27.3 Å². The molecule has 0 aromatic carbocycles. The lowest BCUT2D eigenvalue weighted by atomic mass is 10.3. The van der Waals surface area contributed by atoms with Crippen molar-refractivity contribution in [2.24, 2.45) is 0 Å². The molecule has 0 spiro atoms. The average molecular weight is 171 g/mol. The zero-order chi connectivity index (χ0) is 8.53. The lowest BCUT2D eigenvalue weighted by Gasteiger charge is -2.18. The minimum absolute atomic E-state index is 0.0984. The first-order valence-corrected chi connectivity index (χ1v) is 6.13. The summed E-state index contributed by atoms with van der Waals surface area (Å²) in [5.74, 6) is 0. The highest BCUT2D eigenvalue weighted by Crippen LogP contribution is 1.94. The van der Waals surface area contributed by atoms with E-state index in [0.29, 0.717) is 0 Å². The van der Waals surface area contributed by atoms with E-state index in [0.717, 1.165) is 0 Å². The molecule has 0 rings (SSSR count). The highest BCUT2D eigenvalue weighted by molar-refractivity contribution is 6.38. The van der Waals surface area contributed by atoms with E-state index in [2.05, 4.69) is 30.7 Å². The maximum atomic E-state index is 3.81. The molecule has 0 aliphatic carbocycles. The molecule has 0 fully saturated rings. The van der Waals surface area contributed by atoms with Crippen molar-refractivity contribution in [2.45, 2.75) is 33.1 Å². The minimum Gasteiger partial charge on any atom is -0.325 e. The molecule has 1 nitrogen and oxygen atoms in total. The molecule has 0 saturated heterocycles. The second-order valence-electron chi connectivity index (χ2n) is 2.94. The molecule has 0 amide bonds. The second kappa shape index (κ2) is 8.02. The standard InChI is InChI=1S/C9H21NSi/c1-4-7-9-10(8-5-2)11-6-3/h6H,3-5,7-9,11H2,1-2H3. The van der Waals surface area contributed by atoms with Crippen molar-refractivity contribution in [1.82, 2.24) is 4.57 Å². The summed E-state index contributed by atoms with van der Waals surface area (Å²) in [7, 11) is -0.0984. The summed E-state index contributed by atoms with van der Waals surface area (Å²) in [4.78, 5) is 0. The van der Waals surface area contributed by atoms with E-state index in [9.17, 15) is 0 Å². The largest absolute Gasteiger partial charge is 0.325 e.